The molecule has 2 aromatic carbocycles. The number of nitrogens with zero attached hydrogens (tertiary/aromatic N) is 3. The molecule has 188 valence electrons. The van der Waals surface area contributed by atoms with Gasteiger partial charge >= 0.3 is 6.18 Å². The van der Waals surface area contributed by atoms with Crippen LogP contribution in [0, 0.1) is 0 Å². The third-order valence-electron chi connectivity index (χ3n) is 6.19. The van der Waals surface area contributed by atoms with Crippen LogP contribution >= 0.6 is 23.4 Å². The second kappa shape index (κ2) is 9.53. The smallest absolute Gasteiger partial charge is 0.314 e. The zero-order valence-electron chi connectivity index (χ0n) is 18.6. The molecule has 2 aliphatic rings. The van der Waals surface area contributed by atoms with Gasteiger partial charge in [-0.1, -0.05) is 23.7 Å². The second-order valence-corrected chi connectivity index (χ2v) is 9.98. The summed E-state index contributed by atoms with van der Waals surface area (Å²) in [6, 6.07) is 7.92. The van der Waals surface area contributed by atoms with Crippen LogP contribution in [0.4, 0.5) is 22.4 Å². The Balaban J connectivity index is 1.40. The fraction of sp³-hybridized carbons (Fsp3) is 0.292. The van der Waals surface area contributed by atoms with Crippen molar-refractivity contribution < 1.29 is 27.2 Å². The van der Waals surface area contributed by atoms with Crippen molar-refractivity contribution in [2.24, 2.45) is 0 Å². The van der Waals surface area contributed by atoms with Gasteiger partial charge in [0, 0.05) is 17.0 Å². The van der Waals surface area contributed by atoms with Crippen LogP contribution in [0.2, 0.25) is 5.02 Å². The van der Waals surface area contributed by atoms with E-state index in [1.54, 1.807) is 24.3 Å². The first kappa shape index (κ1) is 24.8. The van der Waals surface area contributed by atoms with E-state index < -0.39 is 35.1 Å². The lowest BCUT2D eigenvalue weighted by Gasteiger charge is -2.32. The Bertz CT molecular complexity index is 1390. The van der Waals surface area contributed by atoms with Crippen molar-refractivity contribution >= 4 is 51.5 Å². The van der Waals surface area contributed by atoms with Crippen LogP contribution in [-0.2, 0) is 17.5 Å². The average Bonchev–Trinajstić information content (AvgIpc) is 3.34. The average molecular weight is 539 g/mol. The van der Waals surface area contributed by atoms with Crippen LogP contribution in [0.5, 0.6) is 0 Å². The molecule has 3 aromatic rings. The van der Waals surface area contributed by atoms with Crippen LogP contribution in [0.15, 0.2) is 47.5 Å². The molecule has 1 N–H and O–H groups in total. The number of amides is 2. The molecule has 0 radical (unpaired) electrons. The SMILES string of the molecule is O=C1SC(=Cc2ccc3c(cnn3Cc3ccc(Cl)cc3C(F)(F)F)c2)C(=O)N1[C@H]1CCNC[C@H]1F. The van der Waals surface area contributed by atoms with E-state index >= 15 is 0 Å². The predicted octanol–water partition coefficient (Wildman–Crippen LogP) is 5.49. The molecule has 5 rings (SSSR count). The summed E-state index contributed by atoms with van der Waals surface area (Å²) in [5.74, 6) is -0.530. The topological polar surface area (TPSA) is 67.2 Å². The van der Waals surface area contributed by atoms with Crippen LogP contribution in [0.1, 0.15) is 23.1 Å². The Labute approximate surface area is 212 Å². The quantitative estimate of drug-likeness (QED) is 0.351. The summed E-state index contributed by atoms with van der Waals surface area (Å²) >= 11 is 6.53. The Hall–Kier alpha value is -2.89. The highest BCUT2D eigenvalue weighted by Gasteiger charge is 2.43. The number of benzene rings is 2. The van der Waals surface area contributed by atoms with Crippen molar-refractivity contribution in [2.75, 3.05) is 13.1 Å². The maximum atomic E-state index is 14.3. The maximum Gasteiger partial charge on any atom is 0.416 e. The van der Waals surface area contributed by atoms with Crippen molar-refractivity contribution in [3.05, 3.63) is 69.2 Å². The third kappa shape index (κ3) is 4.74. The highest BCUT2D eigenvalue weighted by atomic mass is 35.5. The number of imide groups is 1. The zero-order chi connectivity index (χ0) is 25.6. The number of nitrogens with one attached hydrogen (secondary N) is 1. The standard InChI is InChI=1S/C24H19ClF4N4O2S/c25-16-3-2-14(17(9-16)24(27,28)29)12-32-19-4-1-13(7-15(19)10-31-32)8-21-22(34)33(23(35)36-21)20-5-6-30-11-18(20)26/h1-4,7-10,18,20,30H,5-6,11-12H2/t18-,20+/m1/s1. The van der Waals surface area contributed by atoms with Crippen molar-refractivity contribution in [2.45, 2.75) is 31.4 Å². The van der Waals surface area contributed by atoms with Crippen molar-refractivity contribution in [1.29, 1.82) is 0 Å². The molecule has 2 amide bonds. The van der Waals surface area contributed by atoms with Crippen molar-refractivity contribution in [1.82, 2.24) is 20.0 Å². The van der Waals surface area contributed by atoms with Gasteiger partial charge < -0.3 is 5.32 Å². The van der Waals surface area contributed by atoms with Gasteiger partial charge in [0.05, 0.1) is 34.8 Å². The van der Waals surface area contributed by atoms with Gasteiger partial charge in [-0.2, -0.15) is 18.3 Å². The van der Waals surface area contributed by atoms with E-state index in [1.807, 2.05) is 0 Å². The Morgan fingerprint density at radius 2 is 2.00 bits per heavy atom. The highest BCUT2D eigenvalue weighted by Crippen LogP contribution is 2.37. The molecule has 1 aromatic heterocycles. The molecule has 2 saturated heterocycles. The minimum atomic E-state index is -4.56. The fourth-order valence-electron chi connectivity index (χ4n) is 4.45. The van der Waals surface area contributed by atoms with Crippen LogP contribution < -0.4 is 5.32 Å². The summed E-state index contributed by atoms with van der Waals surface area (Å²) in [4.78, 5) is 26.6. The number of halogens is 5. The molecule has 0 aliphatic carbocycles. The minimum absolute atomic E-state index is 0.00681. The third-order valence-corrected chi connectivity index (χ3v) is 7.31. The number of alkyl halides is 4. The summed E-state index contributed by atoms with van der Waals surface area (Å²) in [6.07, 6.45) is -2.47. The molecular formula is C24H19ClF4N4O2S. The number of piperidine rings is 1. The van der Waals surface area contributed by atoms with Gasteiger partial charge in [-0.3, -0.25) is 19.2 Å². The lowest BCUT2D eigenvalue weighted by molar-refractivity contribution is -0.138. The molecule has 3 heterocycles. The predicted molar refractivity (Wildman–Crippen MR) is 129 cm³/mol. The number of rotatable bonds is 4. The zero-order valence-corrected chi connectivity index (χ0v) is 20.1. The highest BCUT2D eigenvalue weighted by molar-refractivity contribution is 8.18. The summed E-state index contributed by atoms with van der Waals surface area (Å²) in [5.41, 5.74) is 0.407. The number of fused-ring (bicyclic) bond motifs is 1. The molecule has 2 fully saturated rings. The Morgan fingerprint density at radius 1 is 1.19 bits per heavy atom. The maximum absolute atomic E-state index is 14.3. The van der Waals surface area contributed by atoms with E-state index in [-0.39, 0.29) is 28.6 Å². The molecule has 12 heteroatoms. The molecule has 0 bridgehead atoms. The van der Waals surface area contributed by atoms with Crippen LogP contribution in [-0.4, -0.2) is 51.1 Å². The van der Waals surface area contributed by atoms with Crippen LogP contribution in [0.25, 0.3) is 17.0 Å². The summed E-state index contributed by atoms with van der Waals surface area (Å²) in [5, 5.41) is 7.27. The van der Waals surface area contributed by atoms with Gasteiger partial charge in [0.2, 0.25) is 0 Å². The molecule has 0 spiro atoms. The number of carbonyl (C=O) groups is 2. The first-order valence-corrected chi connectivity index (χ1v) is 12.2. The first-order chi connectivity index (χ1) is 17.1. The van der Waals surface area contributed by atoms with Gasteiger partial charge in [0.15, 0.2) is 0 Å². The van der Waals surface area contributed by atoms with Crippen molar-refractivity contribution in [3.63, 3.8) is 0 Å². The fourth-order valence-corrected chi connectivity index (χ4v) is 5.51. The van der Waals surface area contributed by atoms with Crippen molar-refractivity contribution in [3.8, 4) is 0 Å². The normalized spacial score (nSPS) is 22.2. The summed E-state index contributed by atoms with van der Waals surface area (Å²) in [6.45, 7) is 0.494. The molecular weight excluding hydrogens is 520 g/mol. The Kier molecular flexibility index (Phi) is 6.56. The number of thioether (sulfide) groups is 1. The van der Waals surface area contributed by atoms with E-state index in [0.717, 1.165) is 22.7 Å². The number of aromatic nitrogens is 2. The molecule has 2 atom stereocenters. The van der Waals surface area contributed by atoms with Gasteiger partial charge in [0.25, 0.3) is 11.1 Å². The number of carbonyl (C=O) groups excluding carboxylic acids is 2. The lowest BCUT2D eigenvalue weighted by Crippen LogP contribution is -2.52. The van der Waals surface area contributed by atoms with E-state index in [2.05, 4.69) is 10.4 Å². The van der Waals surface area contributed by atoms with Gasteiger partial charge in [0.1, 0.15) is 6.17 Å². The molecule has 0 unspecified atom stereocenters. The van der Waals surface area contributed by atoms with Gasteiger partial charge in [-0.05, 0) is 66.2 Å². The van der Waals surface area contributed by atoms with Gasteiger partial charge in [-0.25, -0.2) is 4.39 Å². The van der Waals surface area contributed by atoms with E-state index in [9.17, 15) is 27.2 Å². The molecule has 0 saturated carbocycles. The second-order valence-electron chi connectivity index (χ2n) is 8.55. The summed E-state index contributed by atoms with van der Waals surface area (Å²) < 4.78 is 56.2. The largest absolute Gasteiger partial charge is 0.416 e. The van der Waals surface area contributed by atoms with E-state index in [4.69, 9.17) is 11.6 Å². The lowest BCUT2D eigenvalue weighted by atomic mass is 10.0. The molecule has 36 heavy (non-hydrogen) atoms. The minimum Gasteiger partial charge on any atom is -0.314 e. The molecule has 6 nitrogen and oxygen atoms in total. The van der Waals surface area contributed by atoms with Gasteiger partial charge in [-0.15, -0.1) is 0 Å². The first-order valence-electron chi connectivity index (χ1n) is 11.0. The van der Waals surface area contributed by atoms with E-state index in [0.29, 0.717) is 29.4 Å². The van der Waals surface area contributed by atoms with E-state index in [1.165, 1.54) is 23.0 Å². The van der Waals surface area contributed by atoms with Crippen LogP contribution in [0.3, 0.4) is 0 Å². The monoisotopic (exact) mass is 538 g/mol. The summed E-state index contributed by atoms with van der Waals surface area (Å²) in [7, 11) is 0. The Morgan fingerprint density at radius 3 is 2.75 bits per heavy atom. The number of hydrogen-bond acceptors (Lipinski definition) is 5. The molecule has 2 aliphatic heterocycles. The number of hydrogen-bond donors (Lipinski definition) is 1.